The second-order valence-corrected chi connectivity index (χ2v) is 12.6. The molecule has 0 radical (unpaired) electrons. The van der Waals surface area contributed by atoms with Crippen LogP contribution in [0.15, 0.2) is 133 Å². The number of anilines is 2. The number of nitrogens with zero attached hydrogens (tertiary/aromatic N) is 2. The zero-order chi connectivity index (χ0) is 30.8. The van der Waals surface area contributed by atoms with Crippen LogP contribution in [0.2, 0.25) is 0 Å². The van der Waals surface area contributed by atoms with Crippen molar-refractivity contribution in [3.63, 3.8) is 0 Å². The van der Waals surface area contributed by atoms with Crippen LogP contribution < -0.4 is 9.80 Å². The van der Waals surface area contributed by atoms with E-state index in [0.717, 1.165) is 24.2 Å². The Morgan fingerprint density at radius 1 is 0.426 bits per heavy atom. The fourth-order valence-electron chi connectivity index (χ4n) is 7.52. The number of benzene rings is 8. The van der Waals surface area contributed by atoms with Gasteiger partial charge in [-0.15, -0.1) is 57.3 Å². The van der Waals surface area contributed by atoms with Gasteiger partial charge in [-0.1, -0.05) is 142 Å². The smallest absolute Gasteiger partial charge is 0.379 e. The Balaban J connectivity index is 0.00000324. The van der Waals surface area contributed by atoms with Crippen LogP contribution in [0.5, 0.6) is 0 Å². The Kier molecular flexibility index (Phi) is 7.35. The molecule has 0 atom stereocenters. The van der Waals surface area contributed by atoms with Crippen molar-refractivity contribution in [3.05, 3.63) is 157 Å². The zero-order valence-electron chi connectivity index (χ0n) is 26.3. The molecule has 226 valence electrons. The minimum Gasteiger partial charge on any atom is -0.379 e. The molecule has 2 nitrogen and oxygen atoms in total. The van der Waals surface area contributed by atoms with E-state index >= 15 is 0 Å². The van der Waals surface area contributed by atoms with Crippen molar-refractivity contribution in [2.24, 2.45) is 0 Å². The molecule has 0 aliphatic carbocycles. The monoisotopic (exact) mass is 783 g/mol. The van der Waals surface area contributed by atoms with Gasteiger partial charge in [-0.05, 0) is 22.9 Å². The minimum absolute atomic E-state index is 0. The van der Waals surface area contributed by atoms with E-state index in [9.17, 15) is 0 Å². The van der Waals surface area contributed by atoms with Crippen molar-refractivity contribution in [1.29, 1.82) is 0 Å². The number of fused-ring (bicyclic) bond motifs is 16. The van der Waals surface area contributed by atoms with E-state index in [-0.39, 0.29) is 21.1 Å². The molecule has 0 fully saturated rings. The van der Waals surface area contributed by atoms with Crippen LogP contribution in [0, 0.1) is 12.1 Å². The largest absolute Gasteiger partial charge is 4.00 e. The van der Waals surface area contributed by atoms with Gasteiger partial charge in [0.15, 0.2) is 0 Å². The molecular weight excluding hydrogens is 752 g/mol. The molecule has 9 rings (SSSR count). The van der Waals surface area contributed by atoms with Crippen molar-refractivity contribution in [1.82, 2.24) is 0 Å². The summed E-state index contributed by atoms with van der Waals surface area (Å²) in [6.45, 7) is 1.44. The van der Waals surface area contributed by atoms with Crippen LogP contribution >= 0.6 is 0 Å². The maximum Gasteiger partial charge on any atom is 4.00 e. The second kappa shape index (κ2) is 11.7. The van der Waals surface area contributed by atoms with Gasteiger partial charge in [0.05, 0.1) is 0 Å². The van der Waals surface area contributed by atoms with E-state index in [2.05, 4.69) is 169 Å². The normalized spacial score (nSPS) is 12.9. The molecule has 0 amide bonds. The van der Waals surface area contributed by atoms with Crippen molar-refractivity contribution >= 4 is 54.5 Å². The summed E-state index contributed by atoms with van der Waals surface area (Å²) in [5.41, 5.74) is 9.45. The minimum atomic E-state index is 0. The zero-order valence-corrected chi connectivity index (χ0v) is 28.6. The first-order chi connectivity index (χ1) is 22.6. The Hall–Kier alpha value is -4.91. The van der Waals surface area contributed by atoms with Crippen LogP contribution in [0.25, 0.3) is 65.3 Å². The molecule has 1 aliphatic rings. The van der Waals surface area contributed by atoms with Crippen molar-refractivity contribution in [2.45, 2.75) is 13.1 Å². The van der Waals surface area contributed by atoms with Crippen molar-refractivity contribution in [3.8, 4) is 22.3 Å². The molecule has 1 heterocycles. The molecule has 0 N–H and O–H groups in total. The summed E-state index contributed by atoms with van der Waals surface area (Å²) in [5, 5.41) is 9.89. The number of hydrogen-bond donors (Lipinski definition) is 0. The maximum absolute atomic E-state index is 3.97. The summed E-state index contributed by atoms with van der Waals surface area (Å²) >= 11 is 0. The summed E-state index contributed by atoms with van der Waals surface area (Å²) < 4.78 is 0. The predicted molar refractivity (Wildman–Crippen MR) is 196 cm³/mol. The molecule has 8 aromatic rings. The summed E-state index contributed by atoms with van der Waals surface area (Å²) in [6.07, 6.45) is 0. The first kappa shape index (κ1) is 29.5. The molecule has 0 aromatic heterocycles. The van der Waals surface area contributed by atoms with E-state index in [1.54, 1.807) is 0 Å². The van der Waals surface area contributed by atoms with Gasteiger partial charge in [-0.2, -0.15) is 0 Å². The van der Waals surface area contributed by atoms with Gasteiger partial charge in [0.25, 0.3) is 0 Å². The maximum atomic E-state index is 3.97. The van der Waals surface area contributed by atoms with Gasteiger partial charge < -0.3 is 9.80 Å². The molecule has 0 unspecified atom stereocenters. The van der Waals surface area contributed by atoms with Crippen LogP contribution in [-0.2, 0) is 34.2 Å². The van der Waals surface area contributed by atoms with Gasteiger partial charge in [0.2, 0.25) is 0 Å². The van der Waals surface area contributed by atoms with Crippen LogP contribution in [0.4, 0.5) is 11.4 Å². The topological polar surface area (TPSA) is 6.48 Å². The molecule has 0 spiro atoms. The van der Waals surface area contributed by atoms with Crippen LogP contribution in [0.3, 0.4) is 0 Å². The number of rotatable bonds is 0. The van der Waals surface area contributed by atoms with Gasteiger partial charge in [-0.3, -0.25) is 0 Å². The summed E-state index contributed by atoms with van der Waals surface area (Å²) in [4.78, 5) is 4.79. The van der Waals surface area contributed by atoms with Crippen LogP contribution in [0.1, 0.15) is 11.1 Å². The fourth-order valence-corrected chi connectivity index (χ4v) is 7.52. The third-order valence-corrected chi connectivity index (χ3v) is 9.71. The summed E-state index contributed by atoms with van der Waals surface area (Å²) in [5.74, 6) is 0. The summed E-state index contributed by atoms with van der Waals surface area (Å²) in [6, 6.07) is 56.7. The average molecular weight is 784 g/mol. The van der Waals surface area contributed by atoms with Crippen LogP contribution in [-0.4, -0.2) is 14.1 Å². The second-order valence-electron chi connectivity index (χ2n) is 12.6. The fraction of sp³-hybridized carbons (Fsp3) is 0.0909. The van der Waals surface area contributed by atoms with Crippen molar-refractivity contribution < 1.29 is 21.1 Å². The van der Waals surface area contributed by atoms with E-state index in [1.807, 2.05) is 0 Å². The molecule has 3 heteroatoms. The third-order valence-electron chi connectivity index (χ3n) is 9.71. The summed E-state index contributed by atoms with van der Waals surface area (Å²) in [7, 11) is 4.43. The van der Waals surface area contributed by atoms with Crippen molar-refractivity contribution in [2.75, 3.05) is 23.9 Å². The first-order valence-corrected chi connectivity index (χ1v) is 16.0. The quantitative estimate of drug-likeness (QED) is 0.141. The van der Waals surface area contributed by atoms with E-state index in [1.165, 1.54) is 76.7 Å². The number of hydrogen-bond acceptors (Lipinski definition) is 2. The molecule has 0 saturated heterocycles. The average Bonchev–Trinajstić information content (AvgIpc) is 3.10. The molecule has 4 bridgehead atoms. The predicted octanol–water partition coefficient (Wildman–Crippen LogP) is 10.8. The Labute approximate surface area is 290 Å². The first-order valence-electron chi connectivity index (χ1n) is 16.0. The molecular formula is C44H32N2Pt+2. The van der Waals surface area contributed by atoms with Gasteiger partial charge in [0.1, 0.15) is 0 Å². The Morgan fingerprint density at radius 3 is 1.21 bits per heavy atom. The SMILES string of the molecule is CN1Cc2[c-]c(cc3ccccc23)-c2c(ccc3ccccc23)N(C)Cc2[c-]c(cc3ccccc23)-c2c1ccc1ccccc21.[Pt+4]. The van der Waals surface area contributed by atoms with Gasteiger partial charge in [0, 0.05) is 38.6 Å². The molecule has 47 heavy (non-hydrogen) atoms. The standard InChI is InChI=1S/C44H32N2.Pt/c1-45-27-35-25-34(24-31-13-5-7-15-37(31)35)44-40-18-10-4-12-30(40)20-22-42(44)46(2)28-36-26-33(23-32-14-6-8-16-38(32)36)43-39-17-9-3-11-29(39)19-21-41(43)45;/h3-24H,27-28H2,1-2H3;/q-2;+4. The molecule has 8 aromatic carbocycles. The van der Waals surface area contributed by atoms with E-state index in [0.29, 0.717) is 0 Å². The molecule has 0 saturated carbocycles. The van der Waals surface area contributed by atoms with E-state index in [4.69, 9.17) is 0 Å². The van der Waals surface area contributed by atoms with Gasteiger partial charge in [-0.25, -0.2) is 0 Å². The molecule has 1 aliphatic heterocycles. The Bertz CT molecular complexity index is 2310. The van der Waals surface area contributed by atoms with Gasteiger partial charge >= 0.3 is 21.1 Å². The van der Waals surface area contributed by atoms with E-state index < -0.39 is 0 Å². The third kappa shape index (κ3) is 4.91. The Morgan fingerprint density at radius 2 is 0.787 bits per heavy atom.